The zero-order valence-electron chi connectivity index (χ0n) is 19.8. The van der Waals surface area contributed by atoms with Crippen molar-refractivity contribution in [3.8, 4) is 5.75 Å². The lowest BCUT2D eigenvalue weighted by Gasteiger charge is -2.32. The number of rotatable bonds is 8. The van der Waals surface area contributed by atoms with Crippen LogP contribution in [-0.2, 0) is 4.79 Å². The Kier molecular flexibility index (Phi) is 8.35. The molecule has 1 fully saturated rings. The second kappa shape index (κ2) is 11.6. The summed E-state index contributed by atoms with van der Waals surface area (Å²) in [6, 6.07) is 19.9. The van der Waals surface area contributed by atoms with Gasteiger partial charge >= 0.3 is 0 Å². The van der Waals surface area contributed by atoms with Crippen LogP contribution in [0.1, 0.15) is 41.3 Å². The average Bonchev–Trinajstić information content (AvgIpc) is 2.85. The number of hydrogen-bond acceptors (Lipinski definition) is 4. The lowest BCUT2D eigenvalue weighted by atomic mass is 9.92. The fourth-order valence-electron chi connectivity index (χ4n) is 4.51. The second-order valence-electron chi connectivity index (χ2n) is 8.92. The maximum Gasteiger partial charge on any atom is 0.224 e. The molecule has 2 heterocycles. The maximum absolute atomic E-state index is 13.3. The minimum absolute atomic E-state index is 0.0131. The van der Waals surface area contributed by atoms with Gasteiger partial charge < -0.3 is 10.1 Å². The summed E-state index contributed by atoms with van der Waals surface area (Å²) in [5, 5.41) is 3.34. The van der Waals surface area contributed by atoms with Crippen LogP contribution in [0, 0.1) is 19.8 Å². The zero-order chi connectivity index (χ0) is 23.9. The van der Waals surface area contributed by atoms with Gasteiger partial charge in [-0.3, -0.25) is 14.7 Å². The van der Waals surface area contributed by atoms with E-state index < -0.39 is 0 Å². The number of aryl methyl sites for hydroxylation is 2. The summed E-state index contributed by atoms with van der Waals surface area (Å²) in [5.41, 5.74) is 4.24. The van der Waals surface area contributed by atoms with Crippen LogP contribution in [0.3, 0.4) is 0 Å². The van der Waals surface area contributed by atoms with Crippen molar-refractivity contribution in [1.82, 2.24) is 15.2 Å². The summed E-state index contributed by atoms with van der Waals surface area (Å²) in [6.07, 6.45) is 3.51. The summed E-state index contributed by atoms with van der Waals surface area (Å²) >= 11 is 3.44. The van der Waals surface area contributed by atoms with Crippen molar-refractivity contribution in [2.24, 2.45) is 5.92 Å². The average molecular weight is 522 g/mol. The van der Waals surface area contributed by atoms with Gasteiger partial charge in [-0.15, -0.1) is 0 Å². The number of carbonyl (C=O) groups excluding carboxylic acids is 1. The molecule has 178 valence electrons. The lowest BCUT2D eigenvalue weighted by molar-refractivity contribution is -0.127. The smallest absolute Gasteiger partial charge is 0.224 e. The SMILES string of the molecule is Cc1ccccc1C(NC(=O)C1CCN(CCOc2ccc(Br)cc2)CC1)c1ncccc1C. The van der Waals surface area contributed by atoms with Crippen LogP contribution in [0.4, 0.5) is 0 Å². The van der Waals surface area contributed by atoms with Crippen LogP contribution in [0.2, 0.25) is 0 Å². The highest BCUT2D eigenvalue weighted by Gasteiger charge is 2.28. The largest absolute Gasteiger partial charge is 0.492 e. The van der Waals surface area contributed by atoms with Crippen molar-refractivity contribution in [3.05, 3.63) is 93.7 Å². The molecule has 1 aliphatic heterocycles. The third-order valence-electron chi connectivity index (χ3n) is 6.56. The van der Waals surface area contributed by atoms with Gasteiger partial charge in [0.05, 0.1) is 11.7 Å². The molecular formula is C28H32BrN3O2. The molecule has 1 unspecified atom stereocenters. The number of pyridine rings is 1. The Morgan fingerprint density at radius 1 is 1.06 bits per heavy atom. The number of nitrogens with zero attached hydrogens (tertiary/aromatic N) is 2. The van der Waals surface area contributed by atoms with E-state index in [9.17, 15) is 4.79 Å². The van der Waals surface area contributed by atoms with Gasteiger partial charge in [0.15, 0.2) is 0 Å². The molecule has 1 amide bonds. The van der Waals surface area contributed by atoms with Gasteiger partial charge in [-0.1, -0.05) is 46.3 Å². The van der Waals surface area contributed by atoms with Crippen LogP contribution in [-0.4, -0.2) is 42.0 Å². The van der Waals surface area contributed by atoms with E-state index in [1.54, 1.807) is 6.20 Å². The number of amides is 1. The van der Waals surface area contributed by atoms with E-state index >= 15 is 0 Å². The molecule has 5 nitrogen and oxygen atoms in total. The predicted molar refractivity (Wildman–Crippen MR) is 139 cm³/mol. The van der Waals surface area contributed by atoms with Crippen molar-refractivity contribution < 1.29 is 9.53 Å². The van der Waals surface area contributed by atoms with E-state index in [2.05, 4.69) is 63.2 Å². The molecule has 1 atom stereocenters. The second-order valence-corrected chi connectivity index (χ2v) is 9.84. The predicted octanol–water partition coefficient (Wildman–Crippen LogP) is 5.46. The molecule has 3 aromatic rings. The third-order valence-corrected chi connectivity index (χ3v) is 7.09. The van der Waals surface area contributed by atoms with Crippen molar-refractivity contribution in [3.63, 3.8) is 0 Å². The van der Waals surface area contributed by atoms with E-state index in [1.165, 1.54) is 0 Å². The first-order valence-corrected chi connectivity index (χ1v) is 12.7. The molecular weight excluding hydrogens is 490 g/mol. The number of hydrogen-bond donors (Lipinski definition) is 1. The van der Waals surface area contributed by atoms with E-state index in [-0.39, 0.29) is 17.9 Å². The molecule has 34 heavy (non-hydrogen) atoms. The summed E-state index contributed by atoms with van der Waals surface area (Å²) < 4.78 is 6.91. The molecule has 4 rings (SSSR count). The Balaban J connectivity index is 1.33. The lowest BCUT2D eigenvalue weighted by Crippen LogP contribution is -2.43. The van der Waals surface area contributed by atoms with Crippen LogP contribution in [0.25, 0.3) is 0 Å². The summed E-state index contributed by atoms with van der Waals surface area (Å²) in [5.74, 6) is 1.01. The first kappa shape index (κ1) is 24.4. The minimum atomic E-state index is -0.243. The van der Waals surface area contributed by atoms with E-state index in [0.29, 0.717) is 6.61 Å². The normalized spacial score (nSPS) is 15.6. The zero-order valence-corrected chi connectivity index (χ0v) is 21.4. The van der Waals surface area contributed by atoms with E-state index in [0.717, 1.165) is 65.1 Å². The van der Waals surface area contributed by atoms with Crippen molar-refractivity contribution in [2.75, 3.05) is 26.2 Å². The molecule has 1 saturated heterocycles. The highest BCUT2D eigenvalue weighted by molar-refractivity contribution is 9.10. The van der Waals surface area contributed by atoms with E-state index in [4.69, 9.17) is 4.74 Å². The number of likely N-dealkylation sites (tertiary alicyclic amines) is 1. The monoisotopic (exact) mass is 521 g/mol. The van der Waals surface area contributed by atoms with Crippen LogP contribution in [0.15, 0.2) is 71.3 Å². The topological polar surface area (TPSA) is 54.5 Å². The van der Waals surface area contributed by atoms with Crippen LogP contribution in [0.5, 0.6) is 5.75 Å². The van der Waals surface area contributed by atoms with Gasteiger partial charge in [0.1, 0.15) is 12.4 Å². The fourth-order valence-corrected chi connectivity index (χ4v) is 4.77. The molecule has 1 aliphatic rings. The fraction of sp³-hybridized carbons (Fsp3) is 0.357. The van der Waals surface area contributed by atoms with Gasteiger partial charge in [0.2, 0.25) is 5.91 Å². The number of benzene rings is 2. The Morgan fingerprint density at radius 3 is 2.47 bits per heavy atom. The van der Waals surface area contributed by atoms with Crippen molar-refractivity contribution in [1.29, 1.82) is 0 Å². The summed E-state index contributed by atoms with van der Waals surface area (Å²) in [4.78, 5) is 20.3. The summed E-state index contributed by atoms with van der Waals surface area (Å²) in [7, 11) is 0. The molecule has 0 saturated carbocycles. The highest BCUT2D eigenvalue weighted by atomic mass is 79.9. The van der Waals surface area contributed by atoms with Gasteiger partial charge in [0.25, 0.3) is 0 Å². The number of carbonyl (C=O) groups is 1. The number of ether oxygens (including phenoxy) is 1. The Bertz CT molecular complexity index is 1050. The Hall–Kier alpha value is -2.70. The van der Waals surface area contributed by atoms with Crippen LogP contribution >= 0.6 is 15.9 Å². The van der Waals surface area contributed by atoms with Crippen molar-refractivity contribution >= 4 is 21.8 Å². The first-order valence-electron chi connectivity index (χ1n) is 11.9. The molecule has 0 bridgehead atoms. The molecule has 1 N–H and O–H groups in total. The van der Waals surface area contributed by atoms with Gasteiger partial charge in [-0.2, -0.15) is 0 Å². The summed E-state index contributed by atoms with van der Waals surface area (Å²) in [6.45, 7) is 7.45. The quantitative estimate of drug-likeness (QED) is 0.427. The van der Waals surface area contributed by atoms with E-state index in [1.807, 2.05) is 42.5 Å². The third kappa shape index (κ3) is 6.24. The number of piperidine rings is 1. The van der Waals surface area contributed by atoms with Crippen LogP contribution < -0.4 is 10.1 Å². The Labute approximate surface area is 210 Å². The van der Waals surface area contributed by atoms with Gasteiger partial charge in [-0.25, -0.2) is 0 Å². The molecule has 0 spiro atoms. The molecule has 2 aromatic carbocycles. The molecule has 0 aliphatic carbocycles. The Morgan fingerprint density at radius 2 is 1.76 bits per heavy atom. The maximum atomic E-state index is 13.3. The first-order chi connectivity index (χ1) is 16.5. The minimum Gasteiger partial charge on any atom is -0.492 e. The number of nitrogens with one attached hydrogen (secondary N) is 1. The highest BCUT2D eigenvalue weighted by Crippen LogP contribution is 2.27. The van der Waals surface area contributed by atoms with Gasteiger partial charge in [0, 0.05) is 23.1 Å². The van der Waals surface area contributed by atoms with Gasteiger partial charge in [-0.05, 0) is 86.8 Å². The van der Waals surface area contributed by atoms with Crippen molar-refractivity contribution in [2.45, 2.75) is 32.7 Å². The molecule has 6 heteroatoms. The standard InChI is InChI=1S/C28H32BrN3O2/c1-20-6-3-4-8-25(20)27(26-21(2)7-5-15-30-26)31-28(33)22-13-16-32(17-14-22)18-19-34-24-11-9-23(29)10-12-24/h3-12,15,22,27H,13-14,16-19H2,1-2H3,(H,31,33). The number of halogens is 1. The molecule has 1 aromatic heterocycles. The molecule has 0 radical (unpaired) electrons. The number of aromatic nitrogens is 1.